The van der Waals surface area contributed by atoms with Crippen LogP contribution in [0.5, 0.6) is 0 Å². The van der Waals surface area contributed by atoms with Crippen LogP contribution in [0.2, 0.25) is 5.02 Å². The average molecular weight is 570 g/mol. The van der Waals surface area contributed by atoms with E-state index in [1.54, 1.807) is 7.11 Å². The van der Waals surface area contributed by atoms with E-state index in [2.05, 4.69) is 48.2 Å². The van der Waals surface area contributed by atoms with Crippen LogP contribution in [0, 0.1) is 5.92 Å². The van der Waals surface area contributed by atoms with Crippen molar-refractivity contribution in [3.05, 3.63) is 76.4 Å². The molecular formula is C29H44ClNO4S2. The van der Waals surface area contributed by atoms with Crippen LogP contribution in [0.15, 0.2) is 60.2 Å². The highest BCUT2D eigenvalue weighted by atomic mass is 35.5. The van der Waals surface area contributed by atoms with Gasteiger partial charge in [-0.1, -0.05) is 68.5 Å². The maximum Gasteiger partial charge on any atom is 0.264 e. The SMILES string of the molecule is C=C(/C(C)=C\C=C/C)C(c1ccc(Cl)cc1/C=C/CCCOS(C)(=O)=O)C1CCN(SOC)CC1.CC. The summed E-state index contributed by atoms with van der Waals surface area (Å²) >= 11 is 7.82. The van der Waals surface area contributed by atoms with Crippen molar-refractivity contribution >= 4 is 40.0 Å². The molecule has 0 radical (unpaired) electrons. The van der Waals surface area contributed by atoms with Crippen LogP contribution < -0.4 is 0 Å². The van der Waals surface area contributed by atoms with Gasteiger partial charge in [-0.15, -0.1) is 0 Å². The summed E-state index contributed by atoms with van der Waals surface area (Å²) in [4.78, 5) is 0. The number of piperidine rings is 1. The van der Waals surface area contributed by atoms with Gasteiger partial charge >= 0.3 is 0 Å². The summed E-state index contributed by atoms with van der Waals surface area (Å²) < 4.78 is 34.7. The topological polar surface area (TPSA) is 55.8 Å². The van der Waals surface area contributed by atoms with Gasteiger partial charge in [0, 0.05) is 24.0 Å². The Hall–Kier alpha value is -1.35. The van der Waals surface area contributed by atoms with Crippen molar-refractivity contribution in [1.82, 2.24) is 4.31 Å². The number of hydrogen-bond donors (Lipinski definition) is 0. The molecule has 1 aromatic carbocycles. The second-order valence-corrected chi connectivity index (χ2v) is 11.8. The number of rotatable bonds is 13. The van der Waals surface area contributed by atoms with Gasteiger partial charge in [0.15, 0.2) is 0 Å². The maximum atomic E-state index is 11.2. The third kappa shape index (κ3) is 12.4. The smallest absolute Gasteiger partial charge is 0.264 e. The fourth-order valence-electron chi connectivity index (χ4n) is 4.30. The fourth-order valence-corrected chi connectivity index (χ4v) is 5.47. The largest absolute Gasteiger partial charge is 0.304 e. The predicted molar refractivity (Wildman–Crippen MR) is 161 cm³/mol. The minimum atomic E-state index is -3.41. The van der Waals surface area contributed by atoms with Crippen molar-refractivity contribution in [1.29, 1.82) is 0 Å². The van der Waals surface area contributed by atoms with Crippen molar-refractivity contribution in [3.63, 3.8) is 0 Å². The lowest BCUT2D eigenvalue weighted by Crippen LogP contribution is -2.32. The normalized spacial score (nSPS) is 16.7. The molecule has 0 N–H and O–H groups in total. The van der Waals surface area contributed by atoms with Gasteiger partial charge in [0.25, 0.3) is 10.1 Å². The second-order valence-electron chi connectivity index (χ2n) is 8.73. The number of hydrogen-bond acceptors (Lipinski definition) is 6. The summed E-state index contributed by atoms with van der Waals surface area (Å²) in [6, 6.07) is 6.08. The van der Waals surface area contributed by atoms with Crippen molar-refractivity contribution in [2.45, 2.75) is 59.3 Å². The van der Waals surface area contributed by atoms with Gasteiger partial charge in [0.2, 0.25) is 0 Å². The molecule has 1 heterocycles. The molecule has 0 saturated carbocycles. The third-order valence-electron chi connectivity index (χ3n) is 6.06. The Morgan fingerprint density at radius 1 is 1.30 bits per heavy atom. The molecule has 0 spiro atoms. The van der Waals surface area contributed by atoms with E-state index in [0.29, 0.717) is 23.8 Å². The molecule has 0 aliphatic carbocycles. The van der Waals surface area contributed by atoms with E-state index in [1.807, 2.05) is 39.0 Å². The Morgan fingerprint density at radius 3 is 2.57 bits per heavy atom. The zero-order chi connectivity index (χ0) is 27.8. The first-order valence-electron chi connectivity index (χ1n) is 12.9. The van der Waals surface area contributed by atoms with Gasteiger partial charge in [-0.05, 0) is 79.9 Å². The zero-order valence-corrected chi connectivity index (χ0v) is 25.6. The van der Waals surface area contributed by atoms with Crippen LogP contribution in [0.25, 0.3) is 6.08 Å². The lowest BCUT2D eigenvalue weighted by Gasteiger charge is -2.37. The van der Waals surface area contributed by atoms with E-state index in [0.717, 1.165) is 43.3 Å². The molecule has 1 fully saturated rings. The molecule has 1 aliphatic rings. The highest BCUT2D eigenvalue weighted by molar-refractivity contribution is 7.92. The van der Waals surface area contributed by atoms with E-state index < -0.39 is 10.1 Å². The Balaban J connectivity index is 0.00000334. The van der Waals surface area contributed by atoms with Gasteiger partial charge in [-0.25, -0.2) is 4.31 Å². The summed E-state index contributed by atoms with van der Waals surface area (Å²) in [5.74, 6) is 0.610. The Kier molecular flexibility index (Phi) is 16.4. The van der Waals surface area contributed by atoms with Gasteiger partial charge in [-0.2, -0.15) is 8.42 Å². The monoisotopic (exact) mass is 569 g/mol. The van der Waals surface area contributed by atoms with Crippen LogP contribution >= 0.6 is 23.8 Å². The van der Waals surface area contributed by atoms with Crippen LogP contribution in [-0.2, 0) is 18.5 Å². The summed E-state index contributed by atoms with van der Waals surface area (Å²) in [6.07, 6.45) is 14.8. The number of halogens is 1. The molecule has 5 nitrogen and oxygen atoms in total. The van der Waals surface area contributed by atoms with E-state index in [9.17, 15) is 8.42 Å². The highest BCUT2D eigenvalue weighted by Gasteiger charge is 2.31. The highest BCUT2D eigenvalue weighted by Crippen LogP contribution is 2.43. The van der Waals surface area contributed by atoms with E-state index in [-0.39, 0.29) is 12.5 Å². The molecule has 1 saturated heterocycles. The van der Waals surface area contributed by atoms with Crippen molar-refractivity contribution in [3.8, 4) is 0 Å². The Morgan fingerprint density at radius 2 is 1.97 bits per heavy atom. The second kappa shape index (κ2) is 18.0. The maximum absolute atomic E-state index is 11.2. The number of nitrogens with zero attached hydrogens (tertiary/aromatic N) is 1. The molecule has 0 bridgehead atoms. The minimum Gasteiger partial charge on any atom is -0.304 e. The van der Waals surface area contributed by atoms with E-state index >= 15 is 0 Å². The lowest BCUT2D eigenvalue weighted by atomic mass is 9.73. The summed E-state index contributed by atoms with van der Waals surface area (Å²) in [5.41, 5.74) is 4.58. The van der Waals surface area contributed by atoms with E-state index in [1.165, 1.54) is 23.4 Å². The van der Waals surface area contributed by atoms with Crippen LogP contribution in [0.1, 0.15) is 70.4 Å². The average Bonchev–Trinajstić information content (AvgIpc) is 2.87. The quantitative estimate of drug-likeness (QED) is 0.0784. The predicted octanol–water partition coefficient (Wildman–Crippen LogP) is 8.22. The number of unbranched alkanes of at least 4 members (excludes halogenated alkanes) is 1. The van der Waals surface area contributed by atoms with E-state index in [4.69, 9.17) is 20.0 Å². The first kappa shape index (κ1) is 33.7. The van der Waals surface area contributed by atoms with Crippen LogP contribution in [0.3, 0.4) is 0 Å². The van der Waals surface area contributed by atoms with Gasteiger partial charge < -0.3 is 4.18 Å². The molecule has 1 unspecified atom stereocenters. The first-order valence-corrected chi connectivity index (χ1v) is 15.8. The minimum absolute atomic E-state index is 0.164. The van der Waals surface area contributed by atoms with Crippen LogP contribution in [0.4, 0.5) is 0 Å². The molecule has 1 atom stereocenters. The van der Waals surface area contributed by atoms with Crippen molar-refractivity contribution < 1.29 is 16.8 Å². The summed E-state index contributed by atoms with van der Waals surface area (Å²) in [5, 5.41) is 0.686. The van der Waals surface area contributed by atoms with Crippen LogP contribution in [-0.4, -0.2) is 45.8 Å². The van der Waals surface area contributed by atoms with Crippen molar-refractivity contribution in [2.75, 3.05) is 33.1 Å². The van der Waals surface area contributed by atoms with Gasteiger partial charge in [0.05, 0.1) is 32.2 Å². The first-order chi connectivity index (χ1) is 17.7. The molecule has 208 valence electrons. The number of allylic oxidation sites excluding steroid dienone is 6. The molecule has 0 aromatic heterocycles. The summed E-state index contributed by atoms with van der Waals surface area (Å²) in [6.45, 7) is 14.8. The Bertz CT molecular complexity index is 1030. The standard InChI is InChI=1S/C27H38ClNO4S2.C2H6/c1-6-7-11-21(2)22(3)27(23-15-17-29(18-16-23)34-32-4)26-14-13-25(28)20-24(26)12-9-8-10-19-33-35(5,30)31;1-2/h6-7,9,11-14,20,23,27H,3,8,10,15-19H2,1-2,4-5H3;1-2H3/b7-6-,12-9+,21-11-;. The molecule has 8 heteroatoms. The molecule has 0 amide bonds. The third-order valence-corrected chi connectivity index (χ3v) is 7.62. The molecular weight excluding hydrogens is 526 g/mol. The molecule has 2 rings (SSSR count). The Labute approximate surface area is 235 Å². The molecule has 37 heavy (non-hydrogen) atoms. The molecule has 1 aromatic rings. The zero-order valence-electron chi connectivity index (χ0n) is 23.2. The lowest BCUT2D eigenvalue weighted by molar-refractivity contribution is 0.259. The van der Waals surface area contributed by atoms with Gasteiger partial charge in [-0.3, -0.25) is 4.18 Å². The molecule has 1 aliphatic heterocycles. The van der Waals surface area contributed by atoms with Gasteiger partial charge in [0.1, 0.15) is 0 Å². The van der Waals surface area contributed by atoms with Crippen molar-refractivity contribution in [2.24, 2.45) is 5.92 Å². The number of benzene rings is 1. The fraction of sp³-hybridized carbons (Fsp3) is 0.517. The summed E-state index contributed by atoms with van der Waals surface area (Å²) in [7, 11) is -1.70.